The standard InChI is InChI=1S/C22H25N3O4/c1-14(16-8-5-9-18(12-16)23-21(26)15-6-4-7-15)24-25-22(27)17-10-11-19(28-2)20(13-17)29-3/h5,8-13,15H,4,6-7H2,1-3H3,(H,23,26)(H,25,27)/b24-14+. The fourth-order valence-corrected chi connectivity index (χ4v) is 2.98. The molecule has 0 aliphatic heterocycles. The van der Waals surface area contributed by atoms with E-state index in [0.717, 1.165) is 30.5 Å². The lowest BCUT2D eigenvalue weighted by atomic mass is 9.85. The van der Waals surface area contributed by atoms with Gasteiger partial charge in [-0.1, -0.05) is 18.6 Å². The van der Waals surface area contributed by atoms with Crippen molar-refractivity contribution in [2.75, 3.05) is 19.5 Å². The van der Waals surface area contributed by atoms with E-state index in [1.54, 1.807) is 25.1 Å². The first-order valence-corrected chi connectivity index (χ1v) is 9.49. The Hall–Kier alpha value is -3.35. The number of carbonyl (C=O) groups excluding carboxylic acids is 2. The molecule has 2 aromatic carbocycles. The summed E-state index contributed by atoms with van der Waals surface area (Å²) < 4.78 is 10.4. The topological polar surface area (TPSA) is 89.0 Å². The number of nitrogens with zero attached hydrogens (tertiary/aromatic N) is 1. The number of ether oxygens (including phenoxy) is 2. The minimum Gasteiger partial charge on any atom is -0.493 e. The van der Waals surface area contributed by atoms with E-state index in [-0.39, 0.29) is 17.7 Å². The molecule has 0 unspecified atom stereocenters. The van der Waals surface area contributed by atoms with E-state index in [0.29, 0.717) is 22.8 Å². The molecule has 0 bridgehead atoms. The van der Waals surface area contributed by atoms with Crippen molar-refractivity contribution >= 4 is 23.2 Å². The van der Waals surface area contributed by atoms with Crippen molar-refractivity contribution in [1.82, 2.24) is 5.43 Å². The number of hydrogen-bond acceptors (Lipinski definition) is 5. The average molecular weight is 395 g/mol. The molecule has 1 fully saturated rings. The number of hydrazone groups is 1. The van der Waals surface area contributed by atoms with Crippen molar-refractivity contribution in [1.29, 1.82) is 0 Å². The summed E-state index contributed by atoms with van der Waals surface area (Å²) in [5, 5.41) is 7.13. The summed E-state index contributed by atoms with van der Waals surface area (Å²) >= 11 is 0. The summed E-state index contributed by atoms with van der Waals surface area (Å²) in [7, 11) is 3.05. The molecular weight excluding hydrogens is 370 g/mol. The molecule has 0 spiro atoms. The highest BCUT2D eigenvalue weighted by Crippen LogP contribution is 2.28. The molecule has 3 rings (SSSR count). The Morgan fingerprint density at radius 2 is 1.76 bits per heavy atom. The van der Waals surface area contributed by atoms with E-state index in [4.69, 9.17) is 9.47 Å². The van der Waals surface area contributed by atoms with E-state index in [2.05, 4.69) is 15.8 Å². The molecule has 29 heavy (non-hydrogen) atoms. The fourth-order valence-electron chi connectivity index (χ4n) is 2.98. The van der Waals surface area contributed by atoms with Crippen molar-refractivity contribution in [3.05, 3.63) is 53.6 Å². The Balaban J connectivity index is 1.67. The van der Waals surface area contributed by atoms with E-state index in [1.807, 2.05) is 24.3 Å². The zero-order chi connectivity index (χ0) is 20.8. The summed E-state index contributed by atoms with van der Waals surface area (Å²) in [6.45, 7) is 1.79. The predicted molar refractivity (Wildman–Crippen MR) is 112 cm³/mol. The van der Waals surface area contributed by atoms with E-state index < -0.39 is 0 Å². The number of anilines is 1. The van der Waals surface area contributed by atoms with Crippen molar-refractivity contribution in [3.63, 3.8) is 0 Å². The highest BCUT2D eigenvalue weighted by molar-refractivity contribution is 6.02. The second kappa shape index (κ2) is 9.23. The number of benzene rings is 2. The Morgan fingerprint density at radius 1 is 1.00 bits per heavy atom. The molecule has 0 atom stereocenters. The number of nitrogens with one attached hydrogen (secondary N) is 2. The van der Waals surface area contributed by atoms with Gasteiger partial charge in [0.2, 0.25) is 5.91 Å². The first-order chi connectivity index (χ1) is 14.0. The van der Waals surface area contributed by atoms with Crippen LogP contribution < -0.4 is 20.2 Å². The molecule has 0 saturated heterocycles. The van der Waals surface area contributed by atoms with Crippen LogP contribution in [0, 0.1) is 5.92 Å². The summed E-state index contributed by atoms with van der Waals surface area (Å²) in [4.78, 5) is 24.5. The Kier molecular flexibility index (Phi) is 6.49. The average Bonchev–Trinajstić information content (AvgIpc) is 2.69. The Morgan fingerprint density at radius 3 is 2.41 bits per heavy atom. The number of hydrogen-bond donors (Lipinski definition) is 2. The second-order valence-electron chi connectivity index (χ2n) is 6.91. The molecule has 2 amide bonds. The summed E-state index contributed by atoms with van der Waals surface area (Å²) in [6.07, 6.45) is 3.02. The minimum absolute atomic E-state index is 0.0600. The molecule has 1 saturated carbocycles. The molecule has 1 aliphatic rings. The molecular formula is C22H25N3O4. The maximum absolute atomic E-state index is 12.4. The van der Waals surface area contributed by atoms with Gasteiger partial charge < -0.3 is 14.8 Å². The summed E-state index contributed by atoms with van der Waals surface area (Å²) in [5.74, 6) is 0.832. The molecule has 2 aromatic rings. The van der Waals surface area contributed by atoms with Gasteiger partial charge in [-0.15, -0.1) is 0 Å². The van der Waals surface area contributed by atoms with Gasteiger partial charge in [-0.2, -0.15) is 5.10 Å². The van der Waals surface area contributed by atoms with Crippen LogP contribution >= 0.6 is 0 Å². The SMILES string of the molecule is COc1ccc(C(=O)N/N=C(\C)c2cccc(NC(=O)C3CCC3)c2)cc1OC. The van der Waals surface area contributed by atoms with E-state index in [1.165, 1.54) is 14.2 Å². The Bertz CT molecular complexity index is 935. The van der Waals surface area contributed by atoms with Crippen LogP contribution in [-0.2, 0) is 4.79 Å². The summed E-state index contributed by atoms with van der Waals surface area (Å²) in [5.41, 5.74) is 5.11. The lowest BCUT2D eigenvalue weighted by molar-refractivity contribution is -0.122. The zero-order valence-electron chi connectivity index (χ0n) is 16.8. The highest BCUT2D eigenvalue weighted by atomic mass is 16.5. The van der Waals surface area contributed by atoms with Gasteiger partial charge in [0.1, 0.15) is 0 Å². The fraction of sp³-hybridized carbons (Fsp3) is 0.318. The van der Waals surface area contributed by atoms with Crippen LogP contribution in [0.3, 0.4) is 0 Å². The van der Waals surface area contributed by atoms with Crippen LogP contribution in [0.4, 0.5) is 5.69 Å². The molecule has 7 heteroatoms. The van der Waals surface area contributed by atoms with Crippen molar-refractivity contribution in [2.45, 2.75) is 26.2 Å². The monoisotopic (exact) mass is 395 g/mol. The molecule has 0 heterocycles. The number of amides is 2. The van der Waals surface area contributed by atoms with Gasteiger partial charge in [0.05, 0.1) is 19.9 Å². The van der Waals surface area contributed by atoms with Gasteiger partial charge in [0.15, 0.2) is 11.5 Å². The van der Waals surface area contributed by atoms with Crippen LogP contribution in [0.15, 0.2) is 47.6 Å². The largest absolute Gasteiger partial charge is 0.493 e. The van der Waals surface area contributed by atoms with Gasteiger partial charge in [0.25, 0.3) is 5.91 Å². The van der Waals surface area contributed by atoms with Crippen LogP contribution in [0.1, 0.15) is 42.1 Å². The number of carbonyl (C=O) groups is 2. The zero-order valence-corrected chi connectivity index (χ0v) is 16.8. The van der Waals surface area contributed by atoms with Gasteiger partial charge >= 0.3 is 0 Å². The van der Waals surface area contributed by atoms with Gasteiger partial charge in [0, 0.05) is 17.2 Å². The Labute approximate surface area is 170 Å². The van der Waals surface area contributed by atoms with Gasteiger partial charge in [-0.3, -0.25) is 9.59 Å². The highest BCUT2D eigenvalue weighted by Gasteiger charge is 2.25. The number of rotatable bonds is 7. The molecule has 1 aliphatic carbocycles. The smallest absolute Gasteiger partial charge is 0.271 e. The summed E-state index contributed by atoms with van der Waals surface area (Å²) in [6, 6.07) is 12.3. The molecule has 7 nitrogen and oxygen atoms in total. The maximum Gasteiger partial charge on any atom is 0.271 e. The lowest BCUT2D eigenvalue weighted by Gasteiger charge is -2.24. The van der Waals surface area contributed by atoms with Crippen LogP contribution in [0.25, 0.3) is 0 Å². The van der Waals surface area contributed by atoms with Crippen molar-refractivity contribution in [2.24, 2.45) is 11.0 Å². The van der Waals surface area contributed by atoms with E-state index in [9.17, 15) is 9.59 Å². The van der Waals surface area contributed by atoms with E-state index >= 15 is 0 Å². The van der Waals surface area contributed by atoms with Crippen LogP contribution in [0.5, 0.6) is 11.5 Å². The normalized spacial score (nSPS) is 14.0. The van der Waals surface area contributed by atoms with Gasteiger partial charge in [-0.25, -0.2) is 5.43 Å². The third kappa shape index (κ3) is 4.93. The predicted octanol–water partition coefficient (Wildman–Crippen LogP) is 3.60. The van der Waals surface area contributed by atoms with Crippen molar-refractivity contribution in [3.8, 4) is 11.5 Å². The first kappa shape index (κ1) is 20.4. The minimum atomic E-state index is -0.361. The molecule has 152 valence electrons. The number of methoxy groups -OCH3 is 2. The maximum atomic E-state index is 12.4. The second-order valence-corrected chi connectivity index (χ2v) is 6.91. The van der Waals surface area contributed by atoms with Crippen LogP contribution in [0.2, 0.25) is 0 Å². The molecule has 0 aromatic heterocycles. The third-order valence-corrected chi connectivity index (χ3v) is 4.99. The molecule has 0 radical (unpaired) electrons. The van der Waals surface area contributed by atoms with Crippen LogP contribution in [-0.4, -0.2) is 31.7 Å². The van der Waals surface area contributed by atoms with Crippen molar-refractivity contribution < 1.29 is 19.1 Å². The first-order valence-electron chi connectivity index (χ1n) is 9.49. The van der Waals surface area contributed by atoms with Gasteiger partial charge in [-0.05, 0) is 55.7 Å². The third-order valence-electron chi connectivity index (χ3n) is 4.99. The quantitative estimate of drug-likeness (QED) is 0.554. The lowest BCUT2D eigenvalue weighted by Crippen LogP contribution is -2.28. The molecule has 2 N–H and O–H groups in total.